The second kappa shape index (κ2) is 5.16. The maximum absolute atomic E-state index is 10.8. The Bertz CT molecular complexity index is 552. The highest BCUT2D eigenvalue weighted by atomic mass is 16.3. The summed E-state index contributed by atoms with van der Waals surface area (Å²) in [6.07, 6.45) is -0.505. The summed E-state index contributed by atoms with van der Waals surface area (Å²) >= 11 is 0. The van der Waals surface area contributed by atoms with E-state index in [2.05, 4.69) is 15.5 Å². The summed E-state index contributed by atoms with van der Waals surface area (Å²) in [5, 5.41) is 29.9. The zero-order valence-corrected chi connectivity index (χ0v) is 9.92. The van der Waals surface area contributed by atoms with Gasteiger partial charge in [0.05, 0.1) is 11.7 Å². The van der Waals surface area contributed by atoms with E-state index in [4.69, 9.17) is 0 Å². The zero-order valence-electron chi connectivity index (χ0n) is 9.92. The zero-order chi connectivity index (χ0) is 13.1. The molecule has 0 radical (unpaired) electrons. The van der Waals surface area contributed by atoms with Crippen LogP contribution in [0, 0.1) is 0 Å². The predicted octanol–water partition coefficient (Wildman–Crippen LogP) is 0.0933. The first-order chi connectivity index (χ1) is 8.59. The van der Waals surface area contributed by atoms with Crippen molar-refractivity contribution < 1.29 is 15.0 Å². The van der Waals surface area contributed by atoms with Gasteiger partial charge in [0.25, 0.3) is 0 Å². The number of aliphatic hydroxyl groups is 2. The largest absolute Gasteiger partial charge is 0.388 e. The molecular weight excluding hydrogens is 234 g/mol. The Balaban J connectivity index is 2.19. The summed E-state index contributed by atoms with van der Waals surface area (Å²) in [7, 11) is 0. The fraction of sp³-hybridized carbons (Fsp3) is 0.333. The van der Waals surface area contributed by atoms with Crippen LogP contribution in [0.2, 0.25) is 0 Å². The van der Waals surface area contributed by atoms with Crippen LogP contribution in [0.3, 0.4) is 0 Å². The molecule has 6 nitrogen and oxygen atoms in total. The minimum atomic E-state index is -1.08. The van der Waals surface area contributed by atoms with Crippen LogP contribution in [-0.2, 0) is 4.79 Å². The standard InChI is InChI=1S/C12H15N3O3/c1-7(16)13-6-10(17)12(18)9-4-2-3-8-5-14-15-11(8)9/h2-5,10,12,17-18H,6H2,1H3,(H,13,16)(H,14,15). The number of fused-ring (bicyclic) bond motifs is 1. The molecule has 0 aliphatic rings. The van der Waals surface area contributed by atoms with E-state index < -0.39 is 12.2 Å². The number of aliphatic hydroxyl groups excluding tert-OH is 2. The maximum atomic E-state index is 10.8. The number of aromatic amines is 1. The molecule has 2 rings (SSSR count). The highest BCUT2D eigenvalue weighted by Crippen LogP contribution is 2.24. The average molecular weight is 249 g/mol. The second-order valence-electron chi connectivity index (χ2n) is 4.13. The monoisotopic (exact) mass is 249 g/mol. The quantitative estimate of drug-likeness (QED) is 0.617. The predicted molar refractivity (Wildman–Crippen MR) is 65.7 cm³/mol. The molecule has 2 aromatic rings. The first-order valence-electron chi connectivity index (χ1n) is 5.62. The van der Waals surface area contributed by atoms with Gasteiger partial charge in [0.15, 0.2) is 0 Å². The van der Waals surface area contributed by atoms with Gasteiger partial charge in [0.1, 0.15) is 12.2 Å². The number of amides is 1. The van der Waals surface area contributed by atoms with E-state index in [1.165, 1.54) is 6.92 Å². The Morgan fingerprint density at radius 3 is 3.00 bits per heavy atom. The average Bonchev–Trinajstić information content (AvgIpc) is 2.82. The number of benzene rings is 1. The Kier molecular flexibility index (Phi) is 3.59. The molecule has 0 aliphatic heterocycles. The van der Waals surface area contributed by atoms with Crippen molar-refractivity contribution in [3.05, 3.63) is 30.0 Å². The molecule has 1 aromatic heterocycles. The molecule has 0 saturated carbocycles. The van der Waals surface area contributed by atoms with E-state index in [-0.39, 0.29) is 12.5 Å². The Morgan fingerprint density at radius 1 is 1.50 bits per heavy atom. The third-order valence-electron chi connectivity index (χ3n) is 2.75. The van der Waals surface area contributed by atoms with Gasteiger partial charge in [0, 0.05) is 24.4 Å². The van der Waals surface area contributed by atoms with Crippen molar-refractivity contribution in [2.75, 3.05) is 6.54 Å². The second-order valence-corrected chi connectivity index (χ2v) is 4.13. The number of nitrogens with zero attached hydrogens (tertiary/aromatic N) is 1. The summed E-state index contributed by atoms with van der Waals surface area (Å²) in [5.41, 5.74) is 1.25. The van der Waals surface area contributed by atoms with Crippen molar-refractivity contribution >= 4 is 16.8 Å². The molecule has 0 spiro atoms. The van der Waals surface area contributed by atoms with Crippen molar-refractivity contribution in [1.82, 2.24) is 15.5 Å². The molecule has 0 saturated heterocycles. The van der Waals surface area contributed by atoms with Gasteiger partial charge in [-0.15, -0.1) is 0 Å². The lowest BCUT2D eigenvalue weighted by atomic mass is 10.0. The van der Waals surface area contributed by atoms with Crippen molar-refractivity contribution in [3.8, 4) is 0 Å². The van der Waals surface area contributed by atoms with Crippen molar-refractivity contribution in [1.29, 1.82) is 0 Å². The Morgan fingerprint density at radius 2 is 2.28 bits per heavy atom. The highest BCUT2D eigenvalue weighted by molar-refractivity contribution is 5.81. The van der Waals surface area contributed by atoms with Crippen molar-refractivity contribution in [2.24, 2.45) is 0 Å². The normalized spacial score (nSPS) is 14.4. The van der Waals surface area contributed by atoms with Crippen molar-refractivity contribution in [2.45, 2.75) is 19.1 Å². The fourth-order valence-electron chi connectivity index (χ4n) is 1.81. The minimum Gasteiger partial charge on any atom is -0.388 e. The van der Waals surface area contributed by atoms with Crippen LogP contribution in [0.5, 0.6) is 0 Å². The van der Waals surface area contributed by atoms with Crippen molar-refractivity contribution in [3.63, 3.8) is 0 Å². The highest BCUT2D eigenvalue weighted by Gasteiger charge is 2.21. The summed E-state index contributed by atoms with van der Waals surface area (Å²) in [5.74, 6) is -0.249. The molecular formula is C12H15N3O3. The number of hydrogen-bond acceptors (Lipinski definition) is 4. The number of para-hydroxylation sites is 1. The number of H-pyrrole nitrogens is 1. The van der Waals surface area contributed by atoms with Gasteiger partial charge < -0.3 is 15.5 Å². The summed E-state index contributed by atoms with van der Waals surface area (Å²) in [6.45, 7) is 1.36. The molecule has 6 heteroatoms. The molecule has 1 heterocycles. The van der Waals surface area contributed by atoms with Crippen LogP contribution in [-0.4, -0.2) is 39.0 Å². The molecule has 0 fully saturated rings. The van der Waals surface area contributed by atoms with Crippen LogP contribution >= 0.6 is 0 Å². The first kappa shape index (κ1) is 12.5. The summed E-state index contributed by atoms with van der Waals surface area (Å²) < 4.78 is 0. The van der Waals surface area contributed by atoms with Gasteiger partial charge >= 0.3 is 0 Å². The van der Waals surface area contributed by atoms with E-state index in [9.17, 15) is 15.0 Å². The lowest BCUT2D eigenvalue weighted by molar-refractivity contribution is -0.119. The summed E-state index contributed by atoms with van der Waals surface area (Å²) in [6, 6.07) is 5.35. The molecule has 18 heavy (non-hydrogen) atoms. The first-order valence-corrected chi connectivity index (χ1v) is 5.62. The van der Waals surface area contributed by atoms with E-state index >= 15 is 0 Å². The number of aromatic nitrogens is 2. The van der Waals surface area contributed by atoms with E-state index in [1.807, 2.05) is 6.07 Å². The molecule has 2 unspecified atom stereocenters. The van der Waals surface area contributed by atoms with Gasteiger partial charge in [-0.2, -0.15) is 5.10 Å². The molecule has 96 valence electrons. The molecule has 1 aromatic carbocycles. The fourth-order valence-corrected chi connectivity index (χ4v) is 1.81. The Hall–Kier alpha value is -1.92. The summed E-state index contributed by atoms with van der Waals surface area (Å²) in [4.78, 5) is 10.8. The van der Waals surface area contributed by atoms with Crippen LogP contribution in [0.15, 0.2) is 24.4 Å². The molecule has 4 N–H and O–H groups in total. The minimum absolute atomic E-state index is 0.00102. The van der Waals surface area contributed by atoms with E-state index in [0.29, 0.717) is 11.1 Å². The van der Waals surface area contributed by atoms with Crippen LogP contribution in [0.4, 0.5) is 0 Å². The number of rotatable bonds is 4. The number of carbonyl (C=O) groups excluding carboxylic acids is 1. The maximum Gasteiger partial charge on any atom is 0.216 e. The van der Waals surface area contributed by atoms with Crippen LogP contribution in [0.1, 0.15) is 18.6 Å². The van der Waals surface area contributed by atoms with Gasteiger partial charge in [-0.05, 0) is 0 Å². The molecule has 0 aliphatic carbocycles. The van der Waals surface area contributed by atoms with Crippen LogP contribution < -0.4 is 5.32 Å². The third kappa shape index (κ3) is 2.49. The topological polar surface area (TPSA) is 98.2 Å². The lowest BCUT2D eigenvalue weighted by Crippen LogP contribution is -2.34. The molecule has 1 amide bonds. The van der Waals surface area contributed by atoms with Gasteiger partial charge in [-0.3, -0.25) is 9.89 Å². The SMILES string of the molecule is CC(=O)NCC(O)C(O)c1cccc2cn[nH]c12. The smallest absolute Gasteiger partial charge is 0.216 e. The van der Waals surface area contributed by atoms with E-state index in [0.717, 1.165) is 5.39 Å². The number of nitrogens with one attached hydrogen (secondary N) is 2. The number of hydrogen-bond donors (Lipinski definition) is 4. The molecule has 2 atom stereocenters. The van der Waals surface area contributed by atoms with Gasteiger partial charge in [-0.1, -0.05) is 18.2 Å². The van der Waals surface area contributed by atoms with Gasteiger partial charge in [0.2, 0.25) is 5.91 Å². The lowest BCUT2D eigenvalue weighted by Gasteiger charge is -2.18. The Labute approximate surface area is 104 Å². The molecule has 0 bridgehead atoms. The van der Waals surface area contributed by atoms with E-state index in [1.54, 1.807) is 18.3 Å². The van der Waals surface area contributed by atoms with Crippen LogP contribution in [0.25, 0.3) is 10.9 Å². The third-order valence-corrected chi connectivity index (χ3v) is 2.75. The number of carbonyl (C=O) groups is 1. The van der Waals surface area contributed by atoms with Gasteiger partial charge in [-0.25, -0.2) is 0 Å².